The zero-order valence-electron chi connectivity index (χ0n) is 10.5. The lowest BCUT2D eigenvalue weighted by Gasteiger charge is -2.33. The summed E-state index contributed by atoms with van der Waals surface area (Å²) >= 11 is 0. The van der Waals surface area contributed by atoms with Crippen LogP contribution in [0.2, 0.25) is 0 Å². The maximum absolute atomic E-state index is 11.7. The summed E-state index contributed by atoms with van der Waals surface area (Å²) in [5.41, 5.74) is 2.03. The third-order valence-corrected chi connectivity index (χ3v) is 3.23. The average Bonchev–Trinajstić information content (AvgIpc) is 2.23. The molecule has 0 aromatic heterocycles. The van der Waals surface area contributed by atoms with Gasteiger partial charge in [0.2, 0.25) is 5.91 Å². The fraction of sp³-hybridized carbons (Fsp3) is 0.500. The minimum Gasteiger partial charge on any atom is -0.325 e. The Balaban J connectivity index is 1.73. The summed E-state index contributed by atoms with van der Waals surface area (Å²) in [6.45, 7) is 4.67. The topological polar surface area (TPSA) is 41.1 Å². The molecule has 1 saturated carbocycles. The van der Waals surface area contributed by atoms with Gasteiger partial charge in [-0.15, -0.1) is 0 Å². The molecule has 3 nitrogen and oxygen atoms in total. The molecule has 2 N–H and O–H groups in total. The van der Waals surface area contributed by atoms with Crippen LogP contribution in [-0.2, 0) is 4.79 Å². The van der Waals surface area contributed by atoms with E-state index in [1.807, 2.05) is 31.2 Å². The summed E-state index contributed by atoms with van der Waals surface area (Å²) in [6, 6.07) is 8.39. The van der Waals surface area contributed by atoms with E-state index in [2.05, 4.69) is 17.6 Å². The van der Waals surface area contributed by atoms with Gasteiger partial charge in [0.25, 0.3) is 0 Å². The van der Waals surface area contributed by atoms with Gasteiger partial charge in [0.1, 0.15) is 0 Å². The first-order valence-electron chi connectivity index (χ1n) is 6.23. The molecule has 0 unspecified atom stereocenters. The van der Waals surface area contributed by atoms with Crippen LogP contribution >= 0.6 is 0 Å². The summed E-state index contributed by atoms with van der Waals surface area (Å²) < 4.78 is 0. The molecule has 0 aliphatic heterocycles. The van der Waals surface area contributed by atoms with Crippen LogP contribution in [0.5, 0.6) is 0 Å². The third-order valence-electron chi connectivity index (χ3n) is 3.23. The maximum Gasteiger partial charge on any atom is 0.238 e. The van der Waals surface area contributed by atoms with E-state index in [-0.39, 0.29) is 5.91 Å². The third kappa shape index (κ3) is 3.56. The van der Waals surface area contributed by atoms with E-state index in [9.17, 15) is 4.79 Å². The monoisotopic (exact) mass is 232 g/mol. The van der Waals surface area contributed by atoms with Crippen LogP contribution in [0, 0.1) is 12.8 Å². The molecule has 0 saturated heterocycles. The van der Waals surface area contributed by atoms with Crippen molar-refractivity contribution in [1.82, 2.24) is 5.32 Å². The van der Waals surface area contributed by atoms with Crippen molar-refractivity contribution in [2.24, 2.45) is 5.92 Å². The highest BCUT2D eigenvalue weighted by Gasteiger charge is 2.24. The number of carbonyl (C=O) groups excluding carboxylic acids is 1. The molecule has 92 valence electrons. The first-order chi connectivity index (χ1) is 8.13. The molecule has 0 radical (unpaired) electrons. The summed E-state index contributed by atoms with van der Waals surface area (Å²) in [5.74, 6) is 0.850. The SMILES string of the molecule is Cc1cccc(NC(=O)CNC2CC(C)C2)c1. The van der Waals surface area contributed by atoms with E-state index in [0.717, 1.165) is 17.2 Å². The molecule has 3 heteroatoms. The lowest BCUT2D eigenvalue weighted by Crippen LogP contribution is -2.43. The molecule has 0 heterocycles. The lowest BCUT2D eigenvalue weighted by molar-refractivity contribution is -0.115. The van der Waals surface area contributed by atoms with Crippen molar-refractivity contribution in [3.63, 3.8) is 0 Å². The Bertz CT molecular complexity index is 397. The number of hydrogen-bond donors (Lipinski definition) is 2. The summed E-state index contributed by atoms with van der Waals surface area (Å²) in [5, 5.41) is 6.17. The molecule has 1 aromatic rings. The van der Waals surface area contributed by atoms with Gasteiger partial charge in [0, 0.05) is 11.7 Å². The normalized spacial score (nSPS) is 22.9. The zero-order valence-corrected chi connectivity index (χ0v) is 10.5. The second-order valence-electron chi connectivity index (χ2n) is 5.07. The zero-order chi connectivity index (χ0) is 12.3. The molecule has 0 spiro atoms. The number of nitrogens with one attached hydrogen (secondary N) is 2. The van der Waals surface area contributed by atoms with E-state index in [1.165, 1.54) is 12.8 Å². The molecule has 1 fully saturated rings. The molecular weight excluding hydrogens is 212 g/mol. The van der Waals surface area contributed by atoms with Crippen molar-refractivity contribution >= 4 is 11.6 Å². The number of aryl methyl sites for hydroxylation is 1. The first kappa shape index (κ1) is 12.1. The van der Waals surface area contributed by atoms with Crippen molar-refractivity contribution in [2.75, 3.05) is 11.9 Å². The highest BCUT2D eigenvalue weighted by atomic mass is 16.1. The number of anilines is 1. The Morgan fingerprint density at radius 2 is 2.18 bits per heavy atom. The minimum absolute atomic E-state index is 0.0372. The highest BCUT2D eigenvalue weighted by Crippen LogP contribution is 2.25. The van der Waals surface area contributed by atoms with Crippen molar-refractivity contribution in [3.8, 4) is 0 Å². The molecule has 0 bridgehead atoms. The maximum atomic E-state index is 11.7. The molecule has 1 aliphatic carbocycles. The van der Waals surface area contributed by atoms with Crippen LogP contribution < -0.4 is 10.6 Å². The Hall–Kier alpha value is -1.35. The predicted molar refractivity (Wildman–Crippen MR) is 70.0 cm³/mol. The lowest BCUT2D eigenvalue weighted by atomic mass is 9.82. The van der Waals surface area contributed by atoms with Gasteiger partial charge in [-0.1, -0.05) is 19.1 Å². The Kier molecular flexibility index (Phi) is 3.79. The minimum atomic E-state index is 0.0372. The Labute approximate surface area is 103 Å². The summed E-state index contributed by atoms with van der Waals surface area (Å²) in [6.07, 6.45) is 2.38. The highest BCUT2D eigenvalue weighted by molar-refractivity contribution is 5.92. The van der Waals surface area contributed by atoms with E-state index >= 15 is 0 Å². The standard InChI is InChI=1S/C14H20N2O/c1-10-4-3-5-12(6-10)16-14(17)9-15-13-7-11(2)8-13/h3-6,11,13,15H,7-9H2,1-2H3,(H,16,17). The van der Waals surface area contributed by atoms with Gasteiger partial charge in [-0.05, 0) is 43.4 Å². The van der Waals surface area contributed by atoms with Crippen LogP contribution in [-0.4, -0.2) is 18.5 Å². The van der Waals surface area contributed by atoms with Gasteiger partial charge in [-0.25, -0.2) is 0 Å². The fourth-order valence-electron chi connectivity index (χ4n) is 2.23. The van der Waals surface area contributed by atoms with Gasteiger partial charge >= 0.3 is 0 Å². The molecular formula is C14H20N2O. The number of rotatable bonds is 4. The number of hydrogen-bond acceptors (Lipinski definition) is 2. The van der Waals surface area contributed by atoms with Crippen LogP contribution in [0.4, 0.5) is 5.69 Å². The van der Waals surface area contributed by atoms with Gasteiger partial charge in [-0.2, -0.15) is 0 Å². The number of benzene rings is 1. The molecule has 2 rings (SSSR count). The Morgan fingerprint density at radius 1 is 1.41 bits per heavy atom. The van der Waals surface area contributed by atoms with Gasteiger partial charge in [0.05, 0.1) is 6.54 Å². The summed E-state index contributed by atoms with van der Waals surface area (Å²) in [7, 11) is 0. The van der Waals surface area contributed by atoms with E-state index in [1.54, 1.807) is 0 Å². The quantitative estimate of drug-likeness (QED) is 0.836. The van der Waals surface area contributed by atoms with Crippen LogP contribution in [0.25, 0.3) is 0 Å². The fourth-order valence-corrected chi connectivity index (χ4v) is 2.23. The van der Waals surface area contributed by atoms with E-state index < -0.39 is 0 Å². The molecule has 0 atom stereocenters. The van der Waals surface area contributed by atoms with Gasteiger partial charge in [0.15, 0.2) is 0 Å². The number of amides is 1. The van der Waals surface area contributed by atoms with Gasteiger partial charge in [-0.3, -0.25) is 4.79 Å². The van der Waals surface area contributed by atoms with Gasteiger partial charge < -0.3 is 10.6 Å². The largest absolute Gasteiger partial charge is 0.325 e. The average molecular weight is 232 g/mol. The number of carbonyl (C=O) groups is 1. The van der Waals surface area contributed by atoms with Crippen molar-refractivity contribution in [3.05, 3.63) is 29.8 Å². The smallest absolute Gasteiger partial charge is 0.238 e. The molecule has 1 aromatic carbocycles. The summed E-state index contributed by atoms with van der Waals surface area (Å²) in [4.78, 5) is 11.7. The van der Waals surface area contributed by atoms with Crippen LogP contribution in [0.3, 0.4) is 0 Å². The first-order valence-corrected chi connectivity index (χ1v) is 6.23. The second-order valence-corrected chi connectivity index (χ2v) is 5.07. The molecule has 17 heavy (non-hydrogen) atoms. The van der Waals surface area contributed by atoms with E-state index in [0.29, 0.717) is 12.6 Å². The Morgan fingerprint density at radius 3 is 2.82 bits per heavy atom. The predicted octanol–water partition coefficient (Wildman–Crippen LogP) is 2.32. The van der Waals surface area contributed by atoms with Crippen molar-refractivity contribution < 1.29 is 4.79 Å². The van der Waals surface area contributed by atoms with E-state index in [4.69, 9.17) is 0 Å². The molecule has 1 aliphatic rings. The van der Waals surface area contributed by atoms with Crippen LogP contribution in [0.15, 0.2) is 24.3 Å². The molecule has 1 amide bonds. The van der Waals surface area contributed by atoms with Crippen LogP contribution in [0.1, 0.15) is 25.3 Å². The van der Waals surface area contributed by atoms with Crippen molar-refractivity contribution in [2.45, 2.75) is 32.7 Å². The van der Waals surface area contributed by atoms with Crippen molar-refractivity contribution in [1.29, 1.82) is 0 Å². The second kappa shape index (κ2) is 5.32.